The highest BCUT2D eigenvalue weighted by atomic mass is 16.1. The Morgan fingerprint density at radius 3 is 2.79 bits per heavy atom. The second-order valence-electron chi connectivity index (χ2n) is 6.53. The Balaban J connectivity index is 1.40. The van der Waals surface area contributed by atoms with Crippen LogP contribution in [0.3, 0.4) is 0 Å². The van der Waals surface area contributed by atoms with Gasteiger partial charge in [-0.05, 0) is 49.9 Å². The standard InChI is InChI=1S/C18H25N5O/c1-14-13-23(22-21-14)9-8-20-18(24)11-16-4-2-15(3-5-16)10-17-6-7-19-12-17/h2-5,13,17,19H,6-12H2,1H3,(H,20,24). The molecular formula is C18H25N5O. The summed E-state index contributed by atoms with van der Waals surface area (Å²) in [6, 6.07) is 8.44. The molecule has 0 radical (unpaired) electrons. The number of nitrogens with zero attached hydrogens (tertiary/aromatic N) is 3. The molecule has 2 heterocycles. The number of aromatic nitrogens is 3. The Morgan fingerprint density at radius 2 is 2.12 bits per heavy atom. The van der Waals surface area contributed by atoms with Crippen molar-refractivity contribution < 1.29 is 4.79 Å². The van der Waals surface area contributed by atoms with Gasteiger partial charge in [-0.25, -0.2) is 0 Å². The third kappa shape index (κ3) is 4.89. The van der Waals surface area contributed by atoms with Crippen LogP contribution < -0.4 is 10.6 Å². The average molecular weight is 327 g/mol. The van der Waals surface area contributed by atoms with Crippen molar-refractivity contribution in [3.63, 3.8) is 0 Å². The van der Waals surface area contributed by atoms with E-state index in [0.29, 0.717) is 19.5 Å². The zero-order valence-corrected chi connectivity index (χ0v) is 14.2. The SMILES string of the molecule is Cc1cn(CCNC(=O)Cc2ccc(CC3CCNC3)cc2)nn1. The molecule has 0 spiro atoms. The summed E-state index contributed by atoms with van der Waals surface area (Å²) in [5.74, 6) is 0.791. The number of aryl methyl sites for hydroxylation is 1. The minimum atomic E-state index is 0.0413. The fourth-order valence-electron chi connectivity index (χ4n) is 3.08. The predicted octanol–water partition coefficient (Wildman–Crippen LogP) is 1.10. The van der Waals surface area contributed by atoms with E-state index in [-0.39, 0.29) is 5.91 Å². The molecule has 2 N–H and O–H groups in total. The van der Waals surface area contributed by atoms with Gasteiger partial charge in [-0.15, -0.1) is 5.10 Å². The molecule has 6 nitrogen and oxygen atoms in total. The molecule has 3 rings (SSSR count). The predicted molar refractivity (Wildman–Crippen MR) is 92.6 cm³/mol. The van der Waals surface area contributed by atoms with Crippen molar-refractivity contribution in [2.24, 2.45) is 5.92 Å². The normalized spacial score (nSPS) is 17.1. The highest BCUT2D eigenvalue weighted by Crippen LogP contribution is 2.15. The van der Waals surface area contributed by atoms with Crippen molar-refractivity contribution in [3.8, 4) is 0 Å². The summed E-state index contributed by atoms with van der Waals surface area (Å²) in [7, 11) is 0. The third-order valence-electron chi connectivity index (χ3n) is 4.39. The Hall–Kier alpha value is -2.21. The smallest absolute Gasteiger partial charge is 0.224 e. The molecule has 1 aliphatic rings. The van der Waals surface area contributed by atoms with Crippen LogP contribution in [-0.2, 0) is 24.2 Å². The van der Waals surface area contributed by atoms with Crippen molar-refractivity contribution in [1.82, 2.24) is 25.6 Å². The molecule has 1 fully saturated rings. The van der Waals surface area contributed by atoms with E-state index in [0.717, 1.165) is 36.7 Å². The van der Waals surface area contributed by atoms with Gasteiger partial charge in [-0.2, -0.15) is 0 Å². The Labute approximate surface area is 142 Å². The van der Waals surface area contributed by atoms with Gasteiger partial charge in [0.2, 0.25) is 5.91 Å². The van der Waals surface area contributed by atoms with Crippen LogP contribution in [0, 0.1) is 12.8 Å². The van der Waals surface area contributed by atoms with Crippen molar-refractivity contribution in [1.29, 1.82) is 0 Å². The number of rotatable bonds is 7. The lowest BCUT2D eigenvalue weighted by Gasteiger charge is -2.09. The van der Waals surface area contributed by atoms with Gasteiger partial charge in [0.15, 0.2) is 0 Å². The molecule has 128 valence electrons. The summed E-state index contributed by atoms with van der Waals surface area (Å²) in [6.07, 6.45) is 4.67. The molecule has 24 heavy (non-hydrogen) atoms. The van der Waals surface area contributed by atoms with E-state index in [9.17, 15) is 4.79 Å². The first-order valence-corrected chi connectivity index (χ1v) is 8.61. The lowest BCUT2D eigenvalue weighted by Crippen LogP contribution is -2.28. The van der Waals surface area contributed by atoms with E-state index in [1.807, 2.05) is 13.1 Å². The fraction of sp³-hybridized carbons (Fsp3) is 0.500. The monoisotopic (exact) mass is 327 g/mol. The van der Waals surface area contributed by atoms with Gasteiger partial charge in [0.25, 0.3) is 0 Å². The highest BCUT2D eigenvalue weighted by Gasteiger charge is 2.14. The van der Waals surface area contributed by atoms with Gasteiger partial charge in [0, 0.05) is 12.7 Å². The molecule has 2 aromatic rings. The molecule has 6 heteroatoms. The van der Waals surface area contributed by atoms with E-state index in [2.05, 4.69) is 45.2 Å². The van der Waals surface area contributed by atoms with Crippen LogP contribution in [-0.4, -0.2) is 40.5 Å². The number of hydrogen-bond acceptors (Lipinski definition) is 4. The van der Waals surface area contributed by atoms with Gasteiger partial charge in [-0.3, -0.25) is 9.48 Å². The van der Waals surface area contributed by atoms with Crippen molar-refractivity contribution in [2.75, 3.05) is 19.6 Å². The van der Waals surface area contributed by atoms with Crippen LogP contribution in [0.1, 0.15) is 23.2 Å². The molecule has 0 aliphatic carbocycles. The molecule has 1 unspecified atom stereocenters. The summed E-state index contributed by atoms with van der Waals surface area (Å²) >= 11 is 0. The number of amides is 1. The maximum absolute atomic E-state index is 12.0. The number of carbonyl (C=O) groups excluding carboxylic acids is 1. The summed E-state index contributed by atoms with van der Waals surface area (Å²) in [4.78, 5) is 12.0. The lowest BCUT2D eigenvalue weighted by molar-refractivity contribution is -0.120. The molecule has 0 bridgehead atoms. The van der Waals surface area contributed by atoms with Gasteiger partial charge < -0.3 is 10.6 Å². The van der Waals surface area contributed by atoms with Crippen LogP contribution in [0.15, 0.2) is 30.5 Å². The largest absolute Gasteiger partial charge is 0.354 e. The van der Waals surface area contributed by atoms with E-state index >= 15 is 0 Å². The second kappa shape index (κ2) is 8.06. The van der Waals surface area contributed by atoms with Crippen LogP contribution in [0.25, 0.3) is 0 Å². The maximum atomic E-state index is 12.0. The van der Waals surface area contributed by atoms with Gasteiger partial charge in [0.05, 0.1) is 18.7 Å². The summed E-state index contributed by atoms with van der Waals surface area (Å²) in [5, 5.41) is 14.2. The first-order valence-electron chi connectivity index (χ1n) is 8.61. The fourth-order valence-corrected chi connectivity index (χ4v) is 3.08. The van der Waals surface area contributed by atoms with E-state index in [1.54, 1.807) is 4.68 Å². The molecule has 1 amide bonds. The zero-order valence-electron chi connectivity index (χ0n) is 14.2. The molecular weight excluding hydrogens is 302 g/mol. The first-order chi connectivity index (χ1) is 11.7. The Morgan fingerprint density at radius 1 is 1.33 bits per heavy atom. The minimum absolute atomic E-state index is 0.0413. The zero-order chi connectivity index (χ0) is 16.8. The molecule has 0 saturated carbocycles. The Kier molecular flexibility index (Phi) is 5.59. The topological polar surface area (TPSA) is 71.8 Å². The quantitative estimate of drug-likeness (QED) is 0.799. The molecule has 1 atom stereocenters. The summed E-state index contributed by atoms with van der Waals surface area (Å²) in [6.45, 7) is 5.36. The minimum Gasteiger partial charge on any atom is -0.354 e. The summed E-state index contributed by atoms with van der Waals surface area (Å²) < 4.78 is 1.74. The summed E-state index contributed by atoms with van der Waals surface area (Å²) in [5.41, 5.74) is 3.29. The molecule has 1 aromatic carbocycles. The van der Waals surface area contributed by atoms with Crippen LogP contribution in [0.4, 0.5) is 0 Å². The van der Waals surface area contributed by atoms with Crippen molar-refractivity contribution in [3.05, 3.63) is 47.3 Å². The highest BCUT2D eigenvalue weighted by molar-refractivity contribution is 5.78. The second-order valence-corrected chi connectivity index (χ2v) is 6.53. The van der Waals surface area contributed by atoms with Crippen molar-refractivity contribution >= 4 is 5.91 Å². The third-order valence-corrected chi connectivity index (χ3v) is 4.39. The molecule has 1 aliphatic heterocycles. The van der Waals surface area contributed by atoms with Gasteiger partial charge >= 0.3 is 0 Å². The lowest BCUT2D eigenvalue weighted by atomic mass is 9.97. The number of carbonyl (C=O) groups is 1. The number of hydrogen-bond donors (Lipinski definition) is 2. The van der Waals surface area contributed by atoms with E-state index in [4.69, 9.17) is 0 Å². The van der Waals surface area contributed by atoms with E-state index in [1.165, 1.54) is 12.0 Å². The van der Waals surface area contributed by atoms with Gasteiger partial charge in [-0.1, -0.05) is 29.5 Å². The Bertz CT molecular complexity index is 658. The van der Waals surface area contributed by atoms with Crippen molar-refractivity contribution in [2.45, 2.75) is 32.7 Å². The molecule has 1 saturated heterocycles. The van der Waals surface area contributed by atoms with Crippen LogP contribution in [0.5, 0.6) is 0 Å². The van der Waals surface area contributed by atoms with Crippen LogP contribution >= 0.6 is 0 Å². The number of benzene rings is 1. The van der Waals surface area contributed by atoms with Gasteiger partial charge in [0.1, 0.15) is 0 Å². The average Bonchev–Trinajstić information content (AvgIpc) is 3.21. The first kappa shape index (κ1) is 16.6. The van der Waals surface area contributed by atoms with Crippen LogP contribution in [0.2, 0.25) is 0 Å². The maximum Gasteiger partial charge on any atom is 0.224 e. The number of nitrogens with one attached hydrogen (secondary N) is 2. The van der Waals surface area contributed by atoms with E-state index < -0.39 is 0 Å². The molecule has 1 aromatic heterocycles.